The second kappa shape index (κ2) is 7.66. The molecule has 0 atom stereocenters. The van der Waals surface area contributed by atoms with Crippen LogP contribution in [-0.2, 0) is 4.79 Å². The van der Waals surface area contributed by atoms with Crippen molar-refractivity contribution in [2.45, 2.75) is 5.16 Å². The third-order valence-electron chi connectivity index (χ3n) is 2.45. The number of rotatable bonds is 5. The van der Waals surface area contributed by atoms with Crippen molar-refractivity contribution in [3.63, 3.8) is 0 Å². The molecule has 0 saturated heterocycles. The Labute approximate surface area is 134 Å². The van der Waals surface area contributed by atoms with Crippen LogP contribution in [0.25, 0.3) is 0 Å². The lowest BCUT2D eigenvalue weighted by atomic mass is 10.2. The van der Waals surface area contributed by atoms with E-state index in [-0.39, 0.29) is 11.3 Å². The number of H-pyrrole nitrogens is 1. The second-order valence-corrected chi connectivity index (χ2v) is 5.33. The molecule has 0 aliphatic rings. The highest BCUT2D eigenvalue weighted by Crippen LogP contribution is 2.22. The van der Waals surface area contributed by atoms with E-state index in [4.69, 9.17) is 16.3 Å². The Morgan fingerprint density at radius 3 is 2.91 bits per heavy atom. The zero-order chi connectivity index (χ0) is 15.9. The highest BCUT2D eigenvalue weighted by molar-refractivity contribution is 7.99. The zero-order valence-electron chi connectivity index (χ0n) is 11.4. The van der Waals surface area contributed by atoms with E-state index in [1.807, 2.05) is 0 Å². The quantitative estimate of drug-likeness (QED) is 0.553. The van der Waals surface area contributed by atoms with Gasteiger partial charge in [-0.05, 0) is 18.2 Å². The van der Waals surface area contributed by atoms with Gasteiger partial charge in [0, 0.05) is 5.02 Å². The van der Waals surface area contributed by atoms with E-state index in [2.05, 4.69) is 26.0 Å². The number of aromatic nitrogens is 3. The van der Waals surface area contributed by atoms with Gasteiger partial charge in [0.25, 0.3) is 5.91 Å². The summed E-state index contributed by atoms with van der Waals surface area (Å²) in [7, 11) is 1.44. The number of benzene rings is 1. The van der Waals surface area contributed by atoms with Crippen molar-refractivity contribution in [1.29, 1.82) is 0 Å². The van der Waals surface area contributed by atoms with Crippen LogP contribution >= 0.6 is 23.4 Å². The summed E-state index contributed by atoms with van der Waals surface area (Å²) >= 11 is 7.00. The van der Waals surface area contributed by atoms with E-state index >= 15 is 0 Å². The third-order valence-corrected chi connectivity index (χ3v) is 3.57. The van der Waals surface area contributed by atoms with Gasteiger partial charge in [0.15, 0.2) is 5.16 Å². The number of hydrogen-bond donors (Lipinski definition) is 3. The number of carbonyl (C=O) groups is 2. The Bertz CT molecular complexity index is 665. The van der Waals surface area contributed by atoms with Crippen LogP contribution in [-0.4, -0.2) is 39.9 Å². The highest BCUT2D eigenvalue weighted by atomic mass is 35.5. The Morgan fingerprint density at radius 2 is 2.23 bits per heavy atom. The van der Waals surface area contributed by atoms with Crippen molar-refractivity contribution < 1.29 is 14.3 Å². The molecule has 22 heavy (non-hydrogen) atoms. The van der Waals surface area contributed by atoms with E-state index in [1.54, 1.807) is 12.1 Å². The minimum atomic E-state index is -0.530. The molecule has 1 heterocycles. The number of hydrazine groups is 1. The maximum atomic E-state index is 12.0. The monoisotopic (exact) mass is 341 g/mol. The van der Waals surface area contributed by atoms with Gasteiger partial charge in [-0.25, -0.2) is 4.98 Å². The van der Waals surface area contributed by atoms with Crippen LogP contribution in [0.1, 0.15) is 10.4 Å². The predicted molar refractivity (Wildman–Crippen MR) is 80.7 cm³/mol. The van der Waals surface area contributed by atoms with E-state index in [1.165, 1.54) is 19.5 Å². The first-order chi connectivity index (χ1) is 10.6. The molecule has 2 aromatic rings. The molecule has 0 radical (unpaired) electrons. The number of nitrogens with one attached hydrogen (secondary N) is 3. The molecule has 0 aliphatic carbocycles. The van der Waals surface area contributed by atoms with Crippen molar-refractivity contribution in [3.05, 3.63) is 35.1 Å². The molecule has 1 aromatic heterocycles. The lowest BCUT2D eigenvalue weighted by Crippen LogP contribution is -2.42. The Balaban J connectivity index is 1.87. The van der Waals surface area contributed by atoms with Gasteiger partial charge < -0.3 is 4.74 Å². The van der Waals surface area contributed by atoms with Crippen molar-refractivity contribution in [1.82, 2.24) is 26.0 Å². The lowest BCUT2D eigenvalue weighted by molar-refractivity contribution is -0.119. The summed E-state index contributed by atoms with van der Waals surface area (Å²) in [6.07, 6.45) is 1.34. The summed E-state index contributed by atoms with van der Waals surface area (Å²) in [5, 5.41) is 7.16. The fourth-order valence-electron chi connectivity index (χ4n) is 1.49. The standard InChI is InChI=1S/C12H12ClN5O3S/c1-21-9-3-2-7(13)4-8(9)11(20)17-16-10(19)5-22-12-14-6-15-18-12/h2-4,6H,5H2,1H3,(H,16,19)(H,17,20)(H,14,15,18). The minimum Gasteiger partial charge on any atom is -0.496 e. The predicted octanol–water partition coefficient (Wildman–Crippen LogP) is 1.02. The van der Waals surface area contributed by atoms with Crippen molar-refractivity contribution in [3.8, 4) is 5.75 Å². The summed E-state index contributed by atoms with van der Waals surface area (Å²) < 4.78 is 5.07. The molecule has 0 unspecified atom stereocenters. The number of nitrogens with zero attached hydrogens (tertiary/aromatic N) is 2. The van der Waals surface area contributed by atoms with Crippen molar-refractivity contribution >= 4 is 35.2 Å². The minimum absolute atomic E-state index is 0.0716. The molecule has 8 nitrogen and oxygen atoms in total. The molecule has 2 amide bonds. The number of thioether (sulfide) groups is 1. The number of halogens is 1. The first kappa shape index (κ1) is 16.1. The molecular weight excluding hydrogens is 330 g/mol. The average molecular weight is 342 g/mol. The first-order valence-electron chi connectivity index (χ1n) is 6.01. The van der Waals surface area contributed by atoms with Crippen LogP contribution in [0.15, 0.2) is 29.7 Å². The van der Waals surface area contributed by atoms with Gasteiger partial charge in [-0.15, -0.1) is 0 Å². The molecule has 0 saturated carbocycles. The van der Waals surface area contributed by atoms with Crippen molar-refractivity contribution in [2.24, 2.45) is 0 Å². The molecule has 3 N–H and O–H groups in total. The number of amides is 2. The zero-order valence-corrected chi connectivity index (χ0v) is 13.0. The Morgan fingerprint density at radius 1 is 1.41 bits per heavy atom. The van der Waals surface area contributed by atoms with Gasteiger partial charge >= 0.3 is 0 Å². The van der Waals surface area contributed by atoms with Crippen LogP contribution in [0.4, 0.5) is 0 Å². The van der Waals surface area contributed by atoms with Gasteiger partial charge in [0.1, 0.15) is 12.1 Å². The summed E-state index contributed by atoms with van der Waals surface area (Å²) in [5.74, 6) is -0.498. The van der Waals surface area contributed by atoms with Crippen LogP contribution in [0.2, 0.25) is 5.02 Å². The van der Waals surface area contributed by atoms with Crippen LogP contribution in [0, 0.1) is 0 Å². The number of carbonyl (C=O) groups excluding carboxylic acids is 2. The summed E-state index contributed by atoms with van der Waals surface area (Å²) in [5.41, 5.74) is 4.81. The lowest BCUT2D eigenvalue weighted by Gasteiger charge is -2.10. The van der Waals surface area contributed by atoms with E-state index in [0.29, 0.717) is 15.9 Å². The SMILES string of the molecule is COc1ccc(Cl)cc1C(=O)NNC(=O)CSc1ncn[nH]1. The van der Waals surface area contributed by atoms with Crippen LogP contribution in [0.5, 0.6) is 5.75 Å². The van der Waals surface area contributed by atoms with E-state index in [0.717, 1.165) is 11.8 Å². The molecular formula is C12H12ClN5O3S. The first-order valence-corrected chi connectivity index (χ1v) is 7.37. The average Bonchev–Trinajstić information content (AvgIpc) is 3.04. The third kappa shape index (κ3) is 4.37. The van der Waals surface area contributed by atoms with Gasteiger partial charge in [0.2, 0.25) is 5.91 Å². The molecule has 0 aliphatic heterocycles. The number of methoxy groups -OCH3 is 1. The fraction of sp³-hybridized carbons (Fsp3) is 0.167. The van der Waals surface area contributed by atoms with E-state index in [9.17, 15) is 9.59 Å². The Hall–Kier alpha value is -2.26. The number of aromatic amines is 1. The smallest absolute Gasteiger partial charge is 0.273 e. The summed E-state index contributed by atoms with van der Waals surface area (Å²) in [4.78, 5) is 27.5. The molecule has 2 rings (SSSR count). The maximum absolute atomic E-state index is 12.0. The van der Waals surface area contributed by atoms with E-state index < -0.39 is 11.8 Å². The second-order valence-electron chi connectivity index (χ2n) is 3.93. The maximum Gasteiger partial charge on any atom is 0.273 e. The largest absolute Gasteiger partial charge is 0.496 e. The van der Waals surface area contributed by atoms with Crippen LogP contribution < -0.4 is 15.6 Å². The van der Waals surface area contributed by atoms with Gasteiger partial charge in [-0.1, -0.05) is 23.4 Å². The molecule has 0 bridgehead atoms. The molecule has 0 spiro atoms. The summed E-state index contributed by atoms with van der Waals surface area (Å²) in [6.45, 7) is 0. The normalized spacial score (nSPS) is 10.1. The molecule has 1 aromatic carbocycles. The molecule has 0 fully saturated rings. The number of hydrogen-bond acceptors (Lipinski definition) is 6. The van der Waals surface area contributed by atoms with Crippen LogP contribution in [0.3, 0.4) is 0 Å². The number of ether oxygens (including phenoxy) is 1. The van der Waals surface area contributed by atoms with Gasteiger partial charge in [0.05, 0.1) is 18.4 Å². The topological polar surface area (TPSA) is 109 Å². The molecule has 116 valence electrons. The highest BCUT2D eigenvalue weighted by Gasteiger charge is 2.14. The Kier molecular flexibility index (Phi) is 5.61. The fourth-order valence-corrected chi connectivity index (χ4v) is 2.24. The van der Waals surface area contributed by atoms with Gasteiger partial charge in [-0.3, -0.25) is 25.5 Å². The van der Waals surface area contributed by atoms with Gasteiger partial charge in [-0.2, -0.15) is 5.10 Å². The summed E-state index contributed by atoms with van der Waals surface area (Å²) in [6, 6.07) is 4.62. The van der Waals surface area contributed by atoms with Crippen molar-refractivity contribution in [2.75, 3.05) is 12.9 Å². The molecule has 10 heteroatoms.